The molecule has 0 spiro atoms. The highest BCUT2D eigenvalue weighted by Gasteiger charge is 2.12. The topological polar surface area (TPSA) is 24.1 Å². The summed E-state index contributed by atoms with van der Waals surface area (Å²) in [5.74, 6) is 0. The van der Waals surface area contributed by atoms with Crippen LogP contribution in [0.4, 0.5) is 0 Å². The fraction of sp³-hybridized carbons (Fsp3) is 0.350. The Morgan fingerprint density at radius 1 is 1.00 bits per heavy atom. The smallest absolute Gasteiger partial charge is 0.167 e. The molecule has 2 rings (SSSR count). The van der Waals surface area contributed by atoms with Crippen molar-refractivity contribution in [1.29, 1.82) is 0 Å². The highest BCUT2D eigenvalue weighted by atomic mass is 32.1. The zero-order valence-corrected chi connectivity index (χ0v) is 15.2. The zero-order valence-electron chi connectivity index (χ0n) is 14.4. The van der Waals surface area contributed by atoms with Crippen molar-refractivity contribution in [3.05, 3.63) is 71.3 Å². The van der Waals surface area contributed by atoms with E-state index in [1.165, 1.54) is 16.7 Å². The molecule has 23 heavy (non-hydrogen) atoms. The van der Waals surface area contributed by atoms with E-state index in [0.717, 1.165) is 6.54 Å². The minimum absolute atomic E-state index is 0.188. The lowest BCUT2D eigenvalue weighted by Gasteiger charge is -2.20. The normalized spacial score (nSPS) is 12.5. The van der Waals surface area contributed by atoms with E-state index in [-0.39, 0.29) is 11.5 Å². The van der Waals surface area contributed by atoms with Crippen LogP contribution in [0, 0.1) is 0 Å². The van der Waals surface area contributed by atoms with Gasteiger partial charge in [-0.25, -0.2) is 0 Å². The fourth-order valence-electron chi connectivity index (χ4n) is 2.38. The molecule has 122 valence electrons. The van der Waals surface area contributed by atoms with E-state index in [1.54, 1.807) is 0 Å². The van der Waals surface area contributed by atoms with Crippen molar-refractivity contribution in [1.82, 2.24) is 10.6 Å². The van der Waals surface area contributed by atoms with Crippen LogP contribution >= 0.6 is 12.2 Å². The van der Waals surface area contributed by atoms with Crippen molar-refractivity contribution in [3.63, 3.8) is 0 Å². The third kappa shape index (κ3) is 5.36. The number of hydrogen-bond donors (Lipinski definition) is 2. The van der Waals surface area contributed by atoms with Gasteiger partial charge in [-0.2, -0.15) is 0 Å². The van der Waals surface area contributed by atoms with Gasteiger partial charge in [0.25, 0.3) is 0 Å². The average molecular weight is 327 g/mol. The summed E-state index contributed by atoms with van der Waals surface area (Å²) in [6, 6.07) is 19.2. The number of benzene rings is 2. The summed E-state index contributed by atoms with van der Waals surface area (Å²) in [6.45, 7) is 9.53. The van der Waals surface area contributed by atoms with E-state index < -0.39 is 0 Å². The first-order valence-corrected chi connectivity index (χ1v) is 8.46. The summed E-state index contributed by atoms with van der Waals surface area (Å²) in [7, 11) is 0. The Bertz CT molecular complexity index is 627. The van der Waals surface area contributed by atoms with E-state index in [4.69, 9.17) is 12.2 Å². The molecule has 0 saturated heterocycles. The quantitative estimate of drug-likeness (QED) is 0.796. The fourth-order valence-corrected chi connectivity index (χ4v) is 2.63. The van der Waals surface area contributed by atoms with Crippen LogP contribution in [0.15, 0.2) is 54.6 Å². The Morgan fingerprint density at radius 2 is 1.61 bits per heavy atom. The predicted octanol–water partition coefficient (Wildman–Crippen LogP) is 4.71. The molecule has 3 heteroatoms. The lowest BCUT2D eigenvalue weighted by molar-refractivity contribution is 0.590. The Kier molecular flexibility index (Phi) is 5.78. The standard InChI is InChI=1S/C20H26N2S/c1-15(17-8-6-5-7-9-17)22-19(23)21-14-16-10-12-18(13-11-16)20(2,3)4/h5-13,15H,14H2,1-4H3,(H2,21,22,23)/t15-/m1/s1. The molecular formula is C20H26N2S. The first kappa shape index (κ1) is 17.5. The van der Waals surface area contributed by atoms with Crippen LogP contribution in [0.2, 0.25) is 0 Å². The maximum atomic E-state index is 5.39. The first-order chi connectivity index (χ1) is 10.9. The van der Waals surface area contributed by atoms with E-state index >= 15 is 0 Å². The van der Waals surface area contributed by atoms with Crippen LogP contribution in [0.1, 0.15) is 50.4 Å². The molecule has 0 aliphatic heterocycles. The van der Waals surface area contributed by atoms with Gasteiger partial charge in [-0.1, -0.05) is 75.4 Å². The Hall–Kier alpha value is -1.87. The molecule has 0 heterocycles. The monoisotopic (exact) mass is 326 g/mol. The van der Waals surface area contributed by atoms with E-state index in [9.17, 15) is 0 Å². The molecule has 0 radical (unpaired) electrons. The molecule has 0 aromatic heterocycles. The molecule has 2 aromatic carbocycles. The van der Waals surface area contributed by atoms with Gasteiger partial charge in [0.05, 0.1) is 6.04 Å². The van der Waals surface area contributed by atoms with Crippen molar-refractivity contribution in [3.8, 4) is 0 Å². The van der Waals surface area contributed by atoms with Crippen LogP contribution in [-0.4, -0.2) is 5.11 Å². The maximum Gasteiger partial charge on any atom is 0.167 e. The molecular weight excluding hydrogens is 300 g/mol. The van der Waals surface area contributed by atoms with E-state index in [0.29, 0.717) is 5.11 Å². The largest absolute Gasteiger partial charge is 0.359 e. The summed E-state index contributed by atoms with van der Waals surface area (Å²) in [6.07, 6.45) is 0. The average Bonchev–Trinajstić information content (AvgIpc) is 2.53. The van der Waals surface area contributed by atoms with Crippen molar-refractivity contribution in [2.45, 2.75) is 45.7 Å². The third-order valence-electron chi connectivity index (χ3n) is 3.92. The molecule has 0 saturated carbocycles. The highest BCUT2D eigenvalue weighted by molar-refractivity contribution is 7.80. The lowest BCUT2D eigenvalue weighted by Crippen LogP contribution is -2.36. The van der Waals surface area contributed by atoms with E-state index in [2.05, 4.69) is 74.7 Å². The van der Waals surface area contributed by atoms with Crippen molar-refractivity contribution in [2.75, 3.05) is 0 Å². The molecule has 2 nitrogen and oxygen atoms in total. The number of thiocarbonyl (C=S) groups is 1. The van der Waals surface area contributed by atoms with Crippen LogP contribution < -0.4 is 10.6 Å². The molecule has 0 amide bonds. The predicted molar refractivity (Wildman–Crippen MR) is 103 cm³/mol. The van der Waals surface area contributed by atoms with Gasteiger partial charge in [0.1, 0.15) is 0 Å². The summed E-state index contributed by atoms with van der Waals surface area (Å²) in [5.41, 5.74) is 3.99. The summed E-state index contributed by atoms with van der Waals surface area (Å²) in [4.78, 5) is 0. The van der Waals surface area contributed by atoms with Gasteiger partial charge in [0.15, 0.2) is 5.11 Å². The highest BCUT2D eigenvalue weighted by Crippen LogP contribution is 2.22. The number of hydrogen-bond acceptors (Lipinski definition) is 1. The lowest BCUT2D eigenvalue weighted by atomic mass is 9.87. The molecule has 0 fully saturated rings. The second-order valence-electron chi connectivity index (χ2n) is 6.91. The van der Waals surface area contributed by atoms with Gasteiger partial charge in [-0.3, -0.25) is 0 Å². The Balaban J connectivity index is 1.85. The van der Waals surface area contributed by atoms with Crippen molar-refractivity contribution >= 4 is 17.3 Å². The molecule has 2 aromatic rings. The molecule has 0 bridgehead atoms. The van der Waals surface area contributed by atoms with Crippen LogP contribution in [-0.2, 0) is 12.0 Å². The van der Waals surface area contributed by atoms with Gasteiger partial charge < -0.3 is 10.6 Å². The second-order valence-corrected chi connectivity index (χ2v) is 7.31. The summed E-state index contributed by atoms with van der Waals surface area (Å²) >= 11 is 5.39. The minimum atomic E-state index is 0.188. The molecule has 1 atom stereocenters. The maximum absolute atomic E-state index is 5.39. The summed E-state index contributed by atoms with van der Waals surface area (Å²) < 4.78 is 0. The summed E-state index contributed by atoms with van der Waals surface area (Å²) in [5, 5.41) is 7.28. The third-order valence-corrected chi connectivity index (χ3v) is 4.18. The van der Waals surface area contributed by atoms with Crippen LogP contribution in [0.5, 0.6) is 0 Å². The van der Waals surface area contributed by atoms with Gasteiger partial charge in [0.2, 0.25) is 0 Å². The SMILES string of the molecule is C[C@@H](NC(=S)NCc1ccc(C(C)(C)C)cc1)c1ccccc1. The van der Waals surface area contributed by atoms with Gasteiger partial charge in [-0.05, 0) is 41.2 Å². The molecule has 0 aliphatic carbocycles. The Morgan fingerprint density at radius 3 is 2.17 bits per heavy atom. The Labute approximate surface area is 145 Å². The van der Waals surface area contributed by atoms with Gasteiger partial charge in [-0.15, -0.1) is 0 Å². The van der Waals surface area contributed by atoms with Crippen LogP contribution in [0.3, 0.4) is 0 Å². The van der Waals surface area contributed by atoms with Crippen molar-refractivity contribution in [2.24, 2.45) is 0 Å². The molecule has 0 aliphatic rings. The first-order valence-electron chi connectivity index (χ1n) is 8.05. The molecule has 0 unspecified atom stereocenters. The van der Waals surface area contributed by atoms with Crippen LogP contribution in [0.25, 0.3) is 0 Å². The number of nitrogens with one attached hydrogen (secondary N) is 2. The zero-order chi connectivity index (χ0) is 16.9. The number of rotatable bonds is 4. The minimum Gasteiger partial charge on any atom is -0.359 e. The van der Waals surface area contributed by atoms with Gasteiger partial charge in [0, 0.05) is 6.54 Å². The second kappa shape index (κ2) is 7.60. The van der Waals surface area contributed by atoms with Crippen molar-refractivity contribution < 1.29 is 0 Å². The van der Waals surface area contributed by atoms with E-state index in [1.807, 2.05) is 18.2 Å². The molecule has 2 N–H and O–H groups in total. The van der Waals surface area contributed by atoms with Gasteiger partial charge >= 0.3 is 0 Å².